The number of nitrogens with zero attached hydrogens (tertiary/aromatic N) is 6. The van der Waals surface area contributed by atoms with Crippen molar-refractivity contribution in [2.45, 2.75) is 20.0 Å². The molecule has 2 heterocycles. The third-order valence-electron chi connectivity index (χ3n) is 3.79. The second-order valence-corrected chi connectivity index (χ2v) is 6.56. The van der Waals surface area contributed by atoms with Crippen LogP contribution in [0.2, 0.25) is 0 Å². The molecule has 0 fully saturated rings. The molecule has 0 radical (unpaired) electrons. The molecule has 0 aliphatic heterocycles. The fourth-order valence-electron chi connectivity index (χ4n) is 2.25. The van der Waals surface area contributed by atoms with E-state index in [1.54, 1.807) is 0 Å². The van der Waals surface area contributed by atoms with Crippen LogP contribution in [-0.4, -0.2) is 43.8 Å². The van der Waals surface area contributed by atoms with Crippen molar-refractivity contribution in [3.05, 3.63) is 46.7 Å². The minimum Gasteiger partial charge on any atom is -0.353 e. The molecule has 0 amide bonds. The summed E-state index contributed by atoms with van der Waals surface area (Å²) in [6, 6.07) is 2.10. The second-order valence-electron chi connectivity index (χ2n) is 5.65. The van der Waals surface area contributed by atoms with E-state index in [0.29, 0.717) is 13.1 Å². The molecule has 0 aliphatic rings. The van der Waals surface area contributed by atoms with E-state index in [9.17, 15) is 0 Å². The third kappa shape index (κ3) is 5.84. The molecule has 7 nitrogen and oxygen atoms in total. The Morgan fingerprint density at radius 3 is 2.68 bits per heavy atom. The Morgan fingerprint density at radius 1 is 1.44 bits per heavy atom. The molecule has 0 unspecified atom stereocenters. The van der Waals surface area contributed by atoms with Crippen molar-refractivity contribution in [1.82, 2.24) is 29.5 Å². The Hall–Kier alpha value is -1.36. The summed E-state index contributed by atoms with van der Waals surface area (Å²) in [5, 5.41) is 11.5. The molecule has 0 bridgehead atoms. The number of aromatic nitrogens is 4. The van der Waals surface area contributed by atoms with Gasteiger partial charge in [-0.15, -0.1) is 40.8 Å². The Bertz CT molecular complexity index is 735. The predicted molar refractivity (Wildman–Crippen MR) is 115 cm³/mol. The molecule has 2 aromatic heterocycles. The number of aryl methyl sites for hydroxylation is 2. The molecule has 0 saturated heterocycles. The zero-order chi connectivity index (χ0) is 17.7. The van der Waals surface area contributed by atoms with Crippen LogP contribution in [0.4, 0.5) is 0 Å². The van der Waals surface area contributed by atoms with Gasteiger partial charge < -0.3 is 19.4 Å². The predicted octanol–water partition coefficient (Wildman–Crippen LogP) is 2.61. The normalized spacial score (nSPS) is 11.2. The average Bonchev–Trinajstić information content (AvgIpc) is 3.02. The molecule has 2 rings (SSSR count). The van der Waals surface area contributed by atoms with Crippen molar-refractivity contribution in [3.63, 3.8) is 0 Å². The lowest BCUT2D eigenvalue weighted by atomic mass is 10.4. The summed E-state index contributed by atoms with van der Waals surface area (Å²) in [5.41, 5.74) is 1.19. The van der Waals surface area contributed by atoms with E-state index in [-0.39, 0.29) is 24.0 Å². The maximum atomic E-state index is 4.68. The molecular formula is C16H25BrIN7. The molecule has 25 heavy (non-hydrogen) atoms. The highest BCUT2D eigenvalue weighted by Crippen LogP contribution is 2.15. The highest BCUT2D eigenvalue weighted by atomic mass is 127. The SMILES string of the molecule is C=CCNC(=NCc1nnc(C)n1C)N(C)Cc1cc(Br)cn1C.I. The number of hydrogen-bond acceptors (Lipinski definition) is 3. The summed E-state index contributed by atoms with van der Waals surface area (Å²) >= 11 is 3.51. The van der Waals surface area contributed by atoms with Gasteiger partial charge in [0.05, 0.1) is 6.54 Å². The maximum absolute atomic E-state index is 4.68. The lowest BCUT2D eigenvalue weighted by Crippen LogP contribution is -2.39. The van der Waals surface area contributed by atoms with Gasteiger partial charge in [-0.3, -0.25) is 0 Å². The molecule has 0 aliphatic carbocycles. The summed E-state index contributed by atoms with van der Waals surface area (Å²) in [6.45, 7) is 7.54. The minimum absolute atomic E-state index is 0. The van der Waals surface area contributed by atoms with Gasteiger partial charge in [-0.05, 0) is 28.9 Å². The number of rotatable bonds is 6. The highest BCUT2D eigenvalue weighted by molar-refractivity contribution is 14.0. The van der Waals surface area contributed by atoms with E-state index < -0.39 is 0 Å². The summed E-state index contributed by atoms with van der Waals surface area (Å²) in [7, 11) is 5.99. The number of aliphatic imine (C=N–C) groups is 1. The fraction of sp³-hybridized carbons (Fsp3) is 0.438. The van der Waals surface area contributed by atoms with Gasteiger partial charge in [0.1, 0.15) is 12.4 Å². The molecule has 0 atom stereocenters. The van der Waals surface area contributed by atoms with Crippen LogP contribution >= 0.6 is 39.9 Å². The lowest BCUT2D eigenvalue weighted by Gasteiger charge is -2.22. The van der Waals surface area contributed by atoms with Gasteiger partial charge in [0.15, 0.2) is 11.8 Å². The first-order valence-corrected chi connectivity index (χ1v) is 8.47. The van der Waals surface area contributed by atoms with Crippen LogP contribution in [0.25, 0.3) is 0 Å². The first-order valence-electron chi connectivity index (χ1n) is 7.68. The van der Waals surface area contributed by atoms with Gasteiger partial charge in [0.2, 0.25) is 0 Å². The van der Waals surface area contributed by atoms with Crippen LogP contribution in [0.1, 0.15) is 17.3 Å². The first-order chi connectivity index (χ1) is 11.4. The van der Waals surface area contributed by atoms with Crippen LogP contribution in [0.5, 0.6) is 0 Å². The molecule has 2 aromatic rings. The fourth-order valence-corrected chi connectivity index (χ4v) is 2.82. The van der Waals surface area contributed by atoms with Gasteiger partial charge in [-0.2, -0.15) is 0 Å². The molecule has 0 aromatic carbocycles. The van der Waals surface area contributed by atoms with E-state index in [1.165, 1.54) is 5.69 Å². The van der Waals surface area contributed by atoms with Gasteiger partial charge in [0.25, 0.3) is 0 Å². The van der Waals surface area contributed by atoms with Gasteiger partial charge in [-0.1, -0.05) is 6.08 Å². The summed E-state index contributed by atoms with van der Waals surface area (Å²) in [4.78, 5) is 6.76. The molecule has 0 spiro atoms. The summed E-state index contributed by atoms with van der Waals surface area (Å²) < 4.78 is 5.11. The Labute approximate surface area is 174 Å². The first kappa shape index (κ1) is 21.7. The Balaban J connectivity index is 0.00000312. The largest absolute Gasteiger partial charge is 0.353 e. The van der Waals surface area contributed by atoms with E-state index in [0.717, 1.165) is 28.6 Å². The van der Waals surface area contributed by atoms with Crippen LogP contribution in [-0.2, 0) is 27.2 Å². The van der Waals surface area contributed by atoms with Crippen LogP contribution in [0.15, 0.2) is 34.4 Å². The highest BCUT2D eigenvalue weighted by Gasteiger charge is 2.11. The van der Waals surface area contributed by atoms with Crippen molar-refractivity contribution in [1.29, 1.82) is 0 Å². The number of halogens is 2. The number of guanidine groups is 1. The zero-order valence-corrected chi connectivity index (χ0v) is 18.9. The second kappa shape index (κ2) is 9.95. The number of nitrogens with one attached hydrogen (secondary N) is 1. The molecule has 0 saturated carbocycles. The van der Waals surface area contributed by atoms with E-state index in [1.807, 2.05) is 44.9 Å². The summed E-state index contributed by atoms with van der Waals surface area (Å²) in [6.07, 6.45) is 3.86. The third-order valence-corrected chi connectivity index (χ3v) is 4.23. The van der Waals surface area contributed by atoms with Crippen molar-refractivity contribution < 1.29 is 0 Å². The van der Waals surface area contributed by atoms with Gasteiger partial charge in [-0.25, -0.2) is 4.99 Å². The lowest BCUT2D eigenvalue weighted by molar-refractivity contribution is 0.462. The molecule has 138 valence electrons. The Morgan fingerprint density at radius 2 is 2.16 bits per heavy atom. The van der Waals surface area contributed by atoms with Crippen molar-refractivity contribution >= 4 is 45.9 Å². The molecular weight excluding hydrogens is 497 g/mol. The Kier molecular flexibility index (Phi) is 8.63. The van der Waals surface area contributed by atoms with Crippen LogP contribution < -0.4 is 5.32 Å². The average molecular weight is 522 g/mol. The number of hydrogen-bond donors (Lipinski definition) is 1. The van der Waals surface area contributed by atoms with E-state index >= 15 is 0 Å². The van der Waals surface area contributed by atoms with Crippen LogP contribution in [0, 0.1) is 6.92 Å². The van der Waals surface area contributed by atoms with Crippen LogP contribution in [0.3, 0.4) is 0 Å². The summed E-state index contributed by atoms with van der Waals surface area (Å²) in [5.74, 6) is 2.51. The quantitative estimate of drug-likeness (QED) is 0.275. The molecule has 9 heteroatoms. The van der Waals surface area contributed by atoms with Gasteiger partial charge >= 0.3 is 0 Å². The standard InChI is InChI=1S/C16H24BrN7.HI/c1-6-7-18-16(19-9-15-21-20-12(2)24(15)5)23(4)11-14-8-13(17)10-22(14)3;/h6,8,10H,1,7,9,11H2,2-5H3,(H,18,19);1H. The minimum atomic E-state index is 0. The van der Waals surface area contributed by atoms with Crippen molar-refractivity contribution in [3.8, 4) is 0 Å². The maximum Gasteiger partial charge on any atom is 0.194 e. The topological polar surface area (TPSA) is 63.3 Å². The van der Waals surface area contributed by atoms with E-state index in [2.05, 4.69) is 58.5 Å². The smallest absolute Gasteiger partial charge is 0.194 e. The molecule has 1 N–H and O–H groups in total. The van der Waals surface area contributed by atoms with Crippen molar-refractivity contribution in [2.75, 3.05) is 13.6 Å². The van der Waals surface area contributed by atoms with E-state index in [4.69, 9.17) is 0 Å². The monoisotopic (exact) mass is 521 g/mol. The van der Waals surface area contributed by atoms with Gasteiger partial charge in [0, 0.05) is 44.1 Å². The van der Waals surface area contributed by atoms with Crippen molar-refractivity contribution in [2.24, 2.45) is 19.1 Å². The zero-order valence-electron chi connectivity index (χ0n) is 15.0.